The van der Waals surface area contributed by atoms with Crippen LogP contribution in [0.4, 0.5) is 0 Å². The fourth-order valence-corrected chi connectivity index (χ4v) is 12.9. The summed E-state index contributed by atoms with van der Waals surface area (Å²) in [6, 6.07) is 0. The molecule has 8 aliphatic heterocycles. The van der Waals surface area contributed by atoms with E-state index in [0.29, 0.717) is 36.9 Å². The van der Waals surface area contributed by atoms with Gasteiger partial charge in [-0.25, -0.2) is 19.6 Å². The number of hydrogen-bond donors (Lipinski definition) is 0. The quantitative estimate of drug-likeness (QED) is 0.119. The van der Waals surface area contributed by atoms with Crippen LogP contribution in [0, 0.1) is 47.3 Å². The Morgan fingerprint density at radius 3 is 1.43 bits per heavy atom. The summed E-state index contributed by atoms with van der Waals surface area (Å²) in [7, 11) is 0. The second-order valence-electron chi connectivity index (χ2n) is 20.6. The van der Waals surface area contributed by atoms with E-state index >= 15 is 0 Å². The van der Waals surface area contributed by atoms with Crippen molar-refractivity contribution in [3.05, 3.63) is 23.8 Å². The summed E-state index contributed by atoms with van der Waals surface area (Å²) in [6.45, 7) is 15.4. The summed E-state index contributed by atoms with van der Waals surface area (Å²) in [5, 5.41) is 17.6. The molecule has 10 aliphatic rings. The number of aromatic nitrogens is 6. The molecule has 12 rings (SSSR count). The van der Waals surface area contributed by atoms with Gasteiger partial charge >= 0.3 is 0 Å². The summed E-state index contributed by atoms with van der Waals surface area (Å²) in [5.74, 6) is 0.880. The number of aryl methyl sites for hydroxylation is 2. The van der Waals surface area contributed by atoms with Crippen LogP contribution in [-0.2, 0) is 74.3 Å². The van der Waals surface area contributed by atoms with Crippen molar-refractivity contribution in [1.29, 1.82) is 0 Å². The van der Waals surface area contributed by atoms with Gasteiger partial charge in [-0.1, -0.05) is 70.2 Å². The smallest absolute Gasteiger partial charge is 0.201 e. The van der Waals surface area contributed by atoms with E-state index in [1.165, 1.54) is 32.1 Å². The van der Waals surface area contributed by atoms with Crippen LogP contribution in [-0.4, -0.2) is 77.9 Å². The molecule has 61 heavy (non-hydrogen) atoms. The van der Waals surface area contributed by atoms with Crippen molar-refractivity contribution in [3.8, 4) is 0 Å². The van der Waals surface area contributed by atoms with Crippen LogP contribution in [0.15, 0.2) is 12.4 Å². The first-order valence-corrected chi connectivity index (χ1v) is 23.9. The van der Waals surface area contributed by atoms with E-state index < -0.39 is 47.9 Å². The summed E-state index contributed by atoms with van der Waals surface area (Å²) in [4.78, 5) is 24.4. The number of nitrogens with zero attached hydrogens (tertiary/aromatic N) is 6. The molecule has 2 aliphatic carbocycles. The summed E-state index contributed by atoms with van der Waals surface area (Å²) in [5.41, 5.74) is 0.460. The van der Waals surface area contributed by atoms with E-state index in [-0.39, 0.29) is 23.7 Å². The Kier molecular flexibility index (Phi) is 11.9. The van der Waals surface area contributed by atoms with Gasteiger partial charge < -0.3 is 28.4 Å². The van der Waals surface area contributed by atoms with Crippen molar-refractivity contribution < 1.29 is 48.0 Å². The summed E-state index contributed by atoms with van der Waals surface area (Å²) in [6.07, 6.45) is 18.3. The predicted octanol–water partition coefficient (Wildman–Crippen LogP) is 7.75. The number of unbranched alkanes of at least 4 members (excludes halogenated alkanes) is 6. The molecule has 16 heteroatoms. The minimum absolute atomic E-state index is 0.130. The third kappa shape index (κ3) is 7.84. The zero-order valence-electron chi connectivity index (χ0n) is 37.3. The highest BCUT2D eigenvalue weighted by Gasteiger charge is 2.71. The van der Waals surface area contributed by atoms with Gasteiger partial charge in [0.1, 0.15) is 11.4 Å². The van der Waals surface area contributed by atoms with Crippen LogP contribution in [0.3, 0.4) is 0 Å². The SMILES string of the molecule is C[C@H]1[C@H](OCc2cn(CCCCCCCCCn3cc(CO[C@@H]4O[C@@H]5OC6(C)CC[C@H]7[C@H](C)CC[C@@H]([C@H]4C)[C@@]57OO6)nn3)nn2)O[C@@H]2OC3(C)CC[C@H]4[C@H](C)CC[C@@H]1[C@@]24OO3. The van der Waals surface area contributed by atoms with Gasteiger partial charge in [-0.2, -0.15) is 0 Å². The highest BCUT2D eigenvalue weighted by Crippen LogP contribution is 2.62. The molecule has 16 atom stereocenters. The van der Waals surface area contributed by atoms with Crippen molar-refractivity contribution in [3.63, 3.8) is 0 Å². The minimum atomic E-state index is -0.793. The van der Waals surface area contributed by atoms with E-state index in [0.717, 1.165) is 88.7 Å². The van der Waals surface area contributed by atoms with Gasteiger partial charge in [0.25, 0.3) is 0 Å². The second kappa shape index (κ2) is 17.0. The molecule has 2 unspecified atom stereocenters. The van der Waals surface area contributed by atoms with Gasteiger partial charge in [-0.05, 0) is 88.9 Å². The number of fused-ring (bicyclic) bond motifs is 4. The summed E-state index contributed by atoms with van der Waals surface area (Å²) < 4.78 is 42.8. The molecule has 340 valence electrons. The van der Waals surface area contributed by atoms with Gasteiger partial charge in [0.15, 0.2) is 36.4 Å². The van der Waals surface area contributed by atoms with Gasteiger partial charge in [-0.3, -0.25) is 9.36 Å². The molecule has 10 fully saturated rings. The number of ether oxygens (including phenoxy) is 6. The van der Waals surface area contributed by atoms with Crippen molar-refractivity contribution in [1.82, 2.24) is 30.0 Å². The highest BCUT2D eigenvalue weighted by molar-refractivity contribution is 5.11. The molecule has 0 radical (unpaired) electrons. The van der Waals surface area contributed by atoms with Crippen LogP contribution in [0.25, 0.3) is 0 Å². The van der Waals surface area contributed by atoms with Crippen LogP contribution in [0.2, 0.25) is 0 Å². The van der Waals surface area contributed by atoms with Crippen molar-refractivity contribution in [2.75, 3.05) is 0 Å². The van der Waals surface area contributed by atoms with Crippen molar-refractivity contribution in [2.24, 2.45) is 47.3 Å². The monoisotopic (exact) mass is 855 g/mol. The Labute approximate surface area is 360 Å². The largest absolute Gasteiger partial charge is 0.346 e. The van der Waals surface area contributed by atoms with Crippen LogP contribution in [0.1, 0.15) is 149 Å². The van der Waals surface area contributed by atoms with Gasteiger partial charge in [0, 0.05) is 49.6 Å². The van der Waals surface area contributed by atoms with Gasteiger partial charge in [0.05, 0.1) is 25.6 Å². The maximum atomic E-state index is 6.57. The van der Waals surface area contributed by atoms with E-state index in [4.69, 9.17) is 48.0 Å². The molecule has 0 aromatic carbocycles. The van der Waals surface area contributed by atoms with Crippen molar-refractivity contribution >= 4 is 0 Å². The molecular weight excluding hydrogens is 785 g/mol. The Balaban J connectivity index is 0.605. The molecule has 2 aromatic rings. The molecule has 16 nitrogen and oxygen atoms in total. The van der Waals surface area contributed by atoms with E-state index in [9.17, 15) is 0 Å². The molecule has 4 bridgehead atoms. The van der Waals surface area contributed by atoms with Gasteiger partial charge in [0.2, 0.25) is 11.6 Å². The topological polar surface area (TPSA) is 154 Å². The van der Waals surface area contributed by atoms with Gasteiger partial charge in [-0.15, -0.1) is 10.2 Å². The lowest BCUT2D eigenvalue weighted by atomic mass is 9.58. The van der Waals surface area contributed by atoms with E-state index in [1.54, 1.807) is 0 Å². The number of hydrogen-bond acceptors (Lipinski definition) is 14. The fourth-order valence-electron chi connectivity index (χ4n) is 12.9. The predicted molar refractivity (Wildman–Crippen MR) is 216 cm³/mol. The molecule has 2 spiro atoms. The average molecular weight is 855 g/mol. The Morgan fingerprint density at radius 1 is 0.557 bits per heavy atom. The molecule has 10 heterocycles. The number of rotatable bonds is 16. The molecule has 8 saturated heterocycles. The highest BCUT2D eigenvalue weighted by atomic mass is 17.3. The summed E-state index contributed by atoms with van der Waals surface area (Å²) >= 11 is 0. The normalized spacial score (nSPS) is 45.0. The fraction of sp³-hybridized carbons (Fsp3) is 0.911. The Hall–Kier alpha value is -2.12. The first-order valence-electron chi connectivity index (χ1n) is 23.9. The van der Waals surface area contributed by atoms with Crippen molar-refractivity contribution in [2.45, 2.75) is 212 Å². The van der Waals surface area contributed by atoms with Crippen LogP contribution < -0.4 is 0 Å². The first kappa shape index (κ1) is 42.8. The zero-order chi connectivity index (χ0) is 42.0. The maximum Gasteiger partial charge on any atom is 0.201 e. The first-order chi connectivity index (χ1) is 29.5. The second-order valence-corrected chi connectivity index (χ2v) is 20.6. The molecule has 0 amide bonds. The van der Waals surface area contributed by atoms with Crippen LogP contribution in [0.5, 0.6) is 0 Å². The third-order valence-electron chi connectivity index (χ3n) is 16.4. The standard InChI is InChI=1S/C45H70N6O10/c1-28-14-16-36-30(3)38(54-40-44(36)34(28)18-20-42(5,56-40)58-60-44)52-26-32-24-50(48-46-32)22-12-10-8-7-9-11-13-23-51-25-33(47-49-51)27-53-39-31(4)37-17-15-29(2)35-19-21-43(6)57-41(55-39)45(35,37)61-59-43/h24-25,28-31,34-41H,7-23,26-27H2,1-6H3/t28-,29-,30-,31-,34+,35+,36+,37+,38-,39-,40-,41-,42?,43?,44-,45-/m1/s1. The molecular formula is C45H70N6O10. The molecule has 2 saturated carbocycles. The van der Waals surface area contributed by atoms with Crippen LogP contribution >= 0.6 is 0 Å². The Morgan fingerprint density at radius 2 is 0.984 bits per heavy atom. The molecule has 2 aromatic heterocycles. The minimum Gasteiger partial charge on any atom is -0.346 e. The lowest BCUT2D eigenvalue weighted by Gasteiger charge is -2.60. The lowest BCUT2D eigenvalue weighted by Crippen LogP contribution is -2.70. The average Bonchev–Trinajstić information content (AvgIpc) is 3.76. The zero-order valence-corrected chi connectivity index (χ0v) is 37.3. The lowest BCUT2D eigenvalue weighted by molar-refractivity contribution is -0.577. The Bertz CT molecular complexity index is 1690. The maximum absolute atomic E-state index is 6.57. The van der Waals surface area contributed by atoms with E-state index in [2.05, 4.69) is 48.3 Å². The third-order valence-corrected chi connectivity index (χ3v) is 16.4. The van der Waals surface area contributed by atoms with E-state index in [1.807, 2.05) is 35.6 Å². The molecule has 0 N–H and O–H groups in total.